The largest absolute Gasteiger partial charge is 0.493 e. The molecular weight excluding hydrogens is 398 g/mol. The summed E-state index contributed by atoms with van der Waals surface area (Å²) in [6, 6.07) is 7.46. The first-order valence-electron chi connectivity index (χ1n) is 8.67. The van der Waals surface area contributed by atoms with Crippen molar-refractivity contribution in [3.8, 4) is 11.5 Å². The maximum atomic E-state index is 12.1. The second kappa shape index (κ2) is 9.56. The Bertz CT molecular complexity index is 914. The Kier molecular flexibility index (Phi) is 6.88. The lowest BCUT2D eigenvalue weighted by atomic mass is 10.3. The SMILES string of the molecule is CCn1c(SCC(=O)Nc2nccs2)nnc1C(C)Oc1ccccc1OC. The van der Waals surface area contributed by atoms with E-state index in [2.05, 4.69) is 20.5 Å². The van der Waals surface area contributed by atoms with Gasteiger partial charge in [-0.2, -0.15) is 0 Å². The van der Waals surface area contributed by atoms with Crippen molar-refractivity contribution < 1.29 is 14.3 Å². The molecule has 8 nitrogen and oxygen atoms in total. The van der Waals surface area contributed by atoms with E-state index in [0.717, 1.165) is 0 Å². The molecule has 28 heavy (non-hydrogen) atoms. The van der Waals surface area contributed by atoms with Crippen LogP contribution in [-0.2, 0) is 11.3 Å². The van der Waals surface area contributed by atoms with Gasteiger partial charge in [-0.15, -0.1) is 21.5 Å². The van der Waals surface area contributed by atoms with Crippen molar-refractivity contribution in [3.63, 3.8) is 0 Å². The van der Waals surface area contributed by atoms with Crippen molar-refractivity contribution in [2.24, 2.45) is 0 Å². The lowest BCUT2D eigenvalue weighted by Gasteiger charge is -2.17. The van der Waals surface area contributed by atoms with E-state index in [1.807, 2.05) is 48.1 Å². The first-order chi connectivity index (χ1) is 13.6. The van der Waals surface area contributed by atoms with E-state index >= 15 is 0 Å². The van der Waals surface area contributed by atoms with E-state index in [0.29, 0.717) is 34.2 Å². The van der Waals surface area contributed by atoms with Crippen molar-refractivity contribution in [2.75, 3.05) is 18.2 Å². The second-order valence-electron chi connectivity index (χ2n) is 5.67. The van der Waals surface area contributed by atoms with Crippen molar-refractivity contribution in [3.05, 3.63) is 41.7 Å². The van der Waals surface area contributed by atoms with E-state index in [-0.39, 0.29) is 17.8 Å². The van der Waals surface area contributed by atoms with Gasteiger partial charge in [-0.3, -0.25) is 4.79 Å². The molecule has 0 aliphatic carbocycles. The Labute approximate surface area is 171 Å². The van der Waals surface area contributed by atoms with Crippen LogP contribution in [0.4, 0.5) is 5.13 Å². The van der Waals surface area contributed by atoms with E-state index in [1.54, 1.807) is 13.3 Å². The summed E-state index contributed by atoms with van der Waals surface area (Å²) in [5.41, 5.74) is 0. The summed E-state index contributed by atoms with van der Waals surface area (Å²) in [5.74, 6) is 2.08. The fourth-order valence-electron chi connectivity index (χ4n) is 2.53. The minimum absolute atomic E-state index is 0.134. The highest BCUT2D eigenvalue weighted by Crippen LogP contribution is 2.31. The van der Waals surface area contributed by atoms with Crippen molar-refractivity contribution in [1.82, 2.24) is 19.7 Å². The summed E-state index contributed by atoms with van der Waals surface area (Å²) in [6.45, 7) is 4.58. The topological polar surface area (TPSA) is 91.2 Å². The Morgan fingerprint density at radius 2 is 2.11 bits per heavy atom. The number of anilines is 1. The van der Waals surface area contributed by atoms with Gasteiger partial charge < -0.3 is 19.4 Å². The first kappa shape index (κ1) is 20.2. The highest BCUT2D eigenvalue weighted by Gasteiger charge is 2.20. The number of ether oxygens (including phenoxy) is 2. The van der Waals surface area contributed by atoms with Crippen LogP contribution < -0.4 is 14.8 Å². The molecule has 0 spiro atoms. The summed E-state index contributed by atoms with van der Waals surface area (Å²) in [4.78, 5) is 16.1. The predicted molar refractivity (Wildman–Crippen MR) is 109 cm³/mol. The third-order valence-corrected chi connectivity index (χ3v) is 5.46. The number of methoxy groups -OCH3 is 1. The molecule has 2 heterocycles. The number of rotatable bonds is 9. The number of carbonyl (C=O) groups excluding carboxylic acids is 1. The first-order valence-corrected chi connectivity index (χ1v) is 10.5. The highest BCUT2D eigenvalue weighted by molar-refractivity contribution is 7.99. The summed E-state index contributed by atoms with van der Waals surface area (Å²) in [6.07, 6.45) is 1.32. The third-order valence-electron chi connectivity index (χ3n) is 3.81. The smallest absolute Gasteiger partial charge is 0.236 e. The van der Waals surface area contributed by atoms with Gasteiger partial charge in [0.25, 0.3) is 0 Å². The summed E-state index contributed by atoms with van der Waals surface area (Å²) in [5, 5.41) is 14.3. The average molecular weight is 420 g/mol. The number of aromatic nitrogens is 4. The number of para-hydroxylation sites is 2. The van der Waals surface area contributed by atoms with Crippen LogP contribution in [0.15, 0.2) is 41.0 Å². The van der Waals surface area contributed by atoms with Gasteiger partial charge in [0.15, 0.2) is 33.7 Å². The van der Waals surface area contributed by atoms with Gasteiger partial charge in [0.1, 0.15) is 0 Å². The van der Waals surface area contributed by atoms with Crippen molar-refractivity contribution in [1.29, 1.82) is 0 Å². The van der Waals surface area contributed by atoms with Gasteiger partial charge in [0.2, 0.25) is 5.91 Å². The molecule has 1 unspecified atom stereocenters. The maximum absolute atomic E-state index is 12.1. The Hall–Kier alpha value is -2.59. The number of benzene rings is 1. The zero-order chi connectivity index (χ0) is 19.9. The Morgan fingerprint density at radius 3 is 2.79 bits per heavy atom. The molecular formula is C18H21N5O3S2. The fraction of sp³-hybridized carbons (Fsp3) is 0.333. The van der Waals surface area contributed by atoms with Crippen molar-refractivity contribution in [2.45, 2.75) is 31.7 Å². The molecule has 3 rings (SSSR count). The molecule has 1 atom stereocenters. The van der Waals surface area contributed by atoms with Crippen LogP contribution in [0.5, 0.6) is 11.5 Å². The molecule has 10 heteroatoms. The van der Waals surface area contributed by atoms with Gasteiger partial charge in [-0.1, -0.05) is 23.9 Å². The molecule has 1 N–H and O–H groups in total. The normalized spacial score (nSPS) is 11.8. The molecule has 3 aromatic rings. The van der Waals surface area contributed by atoms with Gasteiger partial charge >= 0.3 is 0 Å². The lowest BCUT2D eigenvalue weighted by Crippen LogP contribution is -2.15. The van der Waals surface area contributed by atoms with Crippen LogP contribution in [0.3, 0.4) is 0 Å². The number of amides is 1. The number of hydrogen-bond acceptors (Lipinski definition) is 8. The van der Waals surface area contributed by atoms with Crippen LogP contribution in [0, 0.1) is 0 Å². The molecule has 0 aliphatic heterocycles. The van der Waals surface area contributed by atoms with Crippen LogP contribution in [0.2, 0.25) is 0 Å². The van der Waals surface area contributed by atoms with Gasteiger partial charge in [-0.05, 0) is 26.0 Å². The number of carbonyl (C=O) groups is 1. The minimum Gasteiger partial charge on any atom is -0.493 e. The van der Waals surface area contributed by atoms with Crippen LogP contribution in [0.25, 0.3) is 0 Å². The summed E-state index contributed by atoms with van der Waals surface area (Å²) < 4.78 is 13.3. The van der Waals surface area contributed by atoms with E-state index in [4.69, 9.17) is 9.47 Å². The minimum atomic E-state index is -0.331. The maximum Gasteiger partial charge on any atom is 0.236 e. The highest BCUT2D eigenvalue weighted by atomic mass is 32.2. The van der Waals surface area contributed by atoms with E-state index in [9.17, 15) is 4.79 Å². The average Bonchev–Trinajstić information content (AvgIpc) is 3.36. The standard InChI is InChI=1S/C18H21N5O3S2/c1-4-23-16(12(2)26-14-8-6-5-7-13(14)25-3)21-22-18(23)28-11-15(24)20-17-19-9-10-27-17/h5-10,12H,4,11H2,1-3H3,(H,19,20,24). The molecule has 0 saturated heterocycles. The van der Waals surface area contributed by atoms with Crippen LogP contribution in [-0.4, -0.2) is 38.5 Å². The Balaban J connectivity index is 1.66. The molecule has 1 aromatic carbocycles. The van der Waals surface area contributed by atoms with Crippen LogP contribution >= 0.6 is 23.1 Å². The summed E-state index contributed by atoms with van der Waals surface area (Å²) >= 11 is 2.71. The molecule has 0 bridgehead atoms. The van der Waals surface area contributed by atoms with E-state index in [1.165, 1.54) is 23.1 Å². The van der Waals surface area contributed by atoms with Gasteiger partial charge in [0.05, 0.1) is 12.9 Å². The lowest BCUT2D eigenvalue weighted by molar-refractivity contribution is -0.113. The van der Waals surface area contributed by atoms with Gasteiger partial charge in [-0.25, -0.2) is 4.98 Å². The van der Waals surface area contributed by atoms with Crippen LogP contribution in [0.1, 0.15) is 25.8 Å². The number of thiazole rings is 1. The quantitative estimate of drug-likeness (QED) is 0.530. The zero-order valence-corrected chi connectivity index (χ0v) is 17.4. The molecule has 0 saturated carbocycles. The molecule has 148 valence electrons. The summed E-state index contributed by atoms with van der Waals surface area (Å²) in [7, 11) is 1.60. The van der Waals surface area contributed by atoms with E-state index < -0.39 is 0 Å². The molecule has 2 aromatic heterocycles. The fourth-order valence-corrected chi connectivity index (χ4v) is 3.89. The van der Waals surface area contributed by atoms with Crippen molar-refractivity contribution >= 4 is 34.1 Å². The molecule has 0 aliphatic rings. The number of thioether (sulfide) groups is 1. The number of hydrogen-bond donors (Lipinski definition) is 1. The second-order valence-corrected chi connectivity index (χ2v) is 7.51. The molecule has 0 radical (unpaired) electrons. The monoisotopic (exact) mass is 419 g/mol. The molecule has 0 fully saturated rings. The number of nitrogens with one attached hydrogen (secondary N) is 1. The third kappa shape index (κ3) is 4.82. The number of nitrogens with zero attached hydrogens (tertiary/aromatic N) is 4. The molecule has 1 amide bonds. The zero-order valence-electron chi connectivity index (χ0n) is 15.8. The van der Waals surface area contributed by atoms with Gasteiger partial charge in [0, 0.05) is 18.1 Å². The predicted octanol–water partition coefficient (Wildman–Crippen LogP) is 3.63. The Morgan fingerprint density at radius 1 is 1.32 bits per heavy atom.